The van der Waals surface area contributed by atoms with Crippen LogP contribution in [0.4, 0.5) is 17.5 Å². The second kappa shape index (κ2) is 8.28. The lowest BCUT2D eigenvalue weighted by Crippen LogP contribution is -2.20. The molecule has 2 heterocycles. The molecule has 0 radical (unpaired) electrons. The molecule has 0 saturated carbocycles. The Morgan fingerprint density at radius 2 is 1.68 bits per heavy atom. The number of anilines is 3. The van der Waals surface area contributed by atoms with Crippen LogP contribution in [0.2, 0.25) is 0 Å². The molecule has 10 heteroatoms. The first-order valence-electron chi connectivity index (χ1n) is 8.25. The standard InChI is InChI=1S/C18H18N6O2S2/c1-12-10-13(2)21-16(11-12)23-18(27)22-14-4-6-15(7-5-14)28(25,26)24-17-19-8-3-9-20-17/h3-11H,1-2H3,(H,19,20,24)(H2,21,22,23,27). The minimum absolute atomic E-state index is 0.0102. The molecule has 0 spiro atoms. The number of aromatic nitrogens is 3. The van der Waals surface area contributed by atoms with E-state index in [0.29, 0.717) is 16.6 Å². The van der Waals surface area contributed by atoms with Crippen molar-refractivity contribution in [2.75, 3.05) is 15.4 Å². The molecule has 3 N–H and O–H groups in total. The minimum Gasteiger partial charge on any atom is -0.332 e. The van der Waals surface area contributed by atoms with Crippen molar-refractivity contribution in [3.05, 3.63) is 66.1 Å². The maximum absolute atomic E-state index is 12.4. The largest absolute Gasteiger partial charge is 0.332 e. The number of thiocarbonyl (C=S) groups is 1. The van der Waals surface area contributed by atoms with E-state index in [1.54, 1.807) is 18.2 Å². The van der Waals surface area contributed by atoms with Crippen molar-refractivity contribution in [1.82, 2.24) is 15.0 Å². The molecule has 0 aliphatic carbocycles. The maximum Gasteiger partial charge on any atom is 0.264 e. The quantitative estimate of drug-likeness (QED) is 0.547. The van der Waals surface area contributed by atoms with Crippen molar-refractivity contribution in [3.8, 4) is 0 Å². The van der Waals surface area contributed by atoms with E-state index in [0.717, 1.165) is 11.3 Å². The average molecular weight is 415 g/mol. The lowest BCUT2D eigenvalue weighted by Gasteiger charge is -2.12. The van der Waals surface area contributed by atoms with Crippen LogP contribution in [-0.2, 0) is 10.0 Å². The molecule has 1 aromatic carbocycles. The summed E-state index contributed by atoms with van der Waals surface area (Å²) < 4.78 is 27.1. The lowest BCUT2D eigenvalue weighted by molar-refractivity contribution is 0.601. The summed E-state index contributed by atoms with van der Waals surface area (Å²) in [5.74, 6) is 0.650. The molecule has 0 saturated heterocycles. The van der Waals surface area contributed by atoms with Gasteiger partial charge in [0.1, 0.15) is 5.82 Å². The SMILES string of the molecule is Cc1cc(C)nc(NC(=S)Nc2ccc(S(=O)(=O)Nc3ncccn3)cc2)c1. The smallest absolute Gasteiger partial charge is 0.264 e. The van der Waals surface area contributed by atoms with Crippen molar-refractivity contribution < 1.29 is 8.42 Å². The Balaban J connectivity index is 1.66. The fourth-order valence-corrected chi connectivity index (χ4v) is 3.61. The van der Waals surface area contributed by atoms with Crippen molar-refractivity contribution in [1.29, 1.82) is 0 Å². The third-order valence-corrected chi connectivity index (χ3v) is 5.10. The van der Waals surface area contributed by atoms with Crippen LogP contribution in [-0.4, -0.2) is 28.5 Å². The third-order valence-electron chi connectivity index (χ3n) is 3.55. The Morgan fingerprint density at radius 3 is 2.32 bits per heavy atom. The molecule has 28 heavy (non-hydrogen) atoms. The van der Waals surface area contributed by atoms with Gasteiger partial charge >= 0.3 is 0 Å². The van der Waals surface area contributed by atoms with Crippen molar-refractivity contribution in [2.24, 2.45) is 0 Å². The molecule has 0 unspecified atom stereocenters. The summed E-state index contributed by atoms with van der Waals surface area (Å²) in [7, 11) is -3.78. The molecule has 144 valence electrons. The molecular formula is C18H18N6O2S2. The van der Waals surface area contributed by atoms with Crippen LogP contribution in [0.25, 0.3) is 0 Å². The van der Waals surface area contributed by atoms with E-state index in [2.05, 4.69) is 30.3 Å². The van der Waals surface area contributed by atoms with Gasteiger partial charge in [0.15, 0.2) is 5.11 Å². The first kappa shape index (κ1) is 19.6. The molecular weight excluding hydrogens is 396 g/mol. The second-order valence-corrected chi connectivity index (χ2v) is 8.04. The number of hydrogen-bond acceptors (Lipinski definition) is 6. The number of nitrogens with one attached hydrogen (secondary N) is 3. The Labute approximate surface area is 168 Å². The monoisotopic (exact) mass is 414 g/mol. The number of aryl methyl sites for hydroxylation is 2. The molecule has 0 atom stereocenters. The molecule has 3 aromatic rings. The predicted molar refractivity (Wildman–Crippen MR) is 113 cm³/mol. The van der Waals surface area contributed by atoms with E-state index >= 15 is 0 Å². The summed E-state index contributed by atoms with van der Waals surface area (Å²) in [6.07, 6.45) is 2.91. The van der Waals surface area contributed by atoms with Crippen LogP contribution in [0.1, 0.15) is 11.3 Å². The third kappa shape index (κ3) is 5.21. The summed E-state index contributed by atoms with van der Waals surface area (Å²) in [5, 5.41) is 6.36. The van der Waals surface area contributed by atoms with Crippen LogP contribution >= 0.6 is 12.2 Å². The number of hydrogen-bond donors (Lipinski definition) is 3. The van der Waals surface area contributed by atoms with E-state index in [1.165, 1.54) is 24.5 Å². The minimum atomic E-state index is -3.78. The normalized spacial score (nSPS) is 10.9. The Kier molecular flexibility index (Phi) is 5.81. The zero-order valence-corrected chi connectivity index (χ0v) is 16.8. The Bertz CT molecular complexity index is 1070. The predicted octanol–water partition coefficient (Wildman–Crippen LogP) is 3.10. The van der Waals surface area contributed by atoms with Gasteiger partial charge in [0, 0.05) is 23.8 Å². The highest BCUT2D eigenvalue weighted by molar-refractivity contribution is 7.92. The van der Waals surface area contributed by atoms with Crippen LogP contribution in [0.15, 0.2) is 59.8 Å². The Morgan fingerprint density at radius 1 is 1.00 bits per heavy atom. The highest BCUT2D eigenvalue weighted by atomic mass is 32.2. The fraction of sp³-hybridized carbons (Fsp3) is 0.111. The summed E-state index contributed by atoms with van der Waals surface area (Å²) >= 11 is 5.29. The van der Waals surface area contributed by atoms with Crippen LogP contribution in [0.5, 0.6) is 0 Å². The molecule has 3 rings (SSSR count). The van der Waals surface area contributed by atoms with Gasteiger partial charge in [-0.1, -0.05) is 0 Å². The number of sulfonamides is 1. The van der Waals surface area contributed by atoms with Crippen LogP contribution in [0.3, 0.4) is 0 Å². The summed E-state index contributed by atoms with van der Waals surface area (Å²) in [4.78, 5) is 12.2. The number of pyridine rings is 1. The summed E-state index contributed by atoms with van der Waals surface area (Å²) in [5.41, 5.74) is 2.59. The fourth-order valence-electron chi connectivity index (χ4n) is 2.43. The molecule has 2 aromatic heterocycles. The highest BCUT2D eigenvalue weighted by Crippen LogP contribution is 2.17. The van der Waals surface area contributed by atoms with E-state index < -0.39 is 10.0 Å². The van der Waals surface area contributed by atoms with Gasteiger partial charge in [-0.05, 0) is 74.1 Å². The first-order valence-corrected chi connectivity index (χ1v) is 10.1. The average Bonchev–Trinajstić information content (AvgIpc) is 2.61. The van der Waals surface area contributed by atoms with Crippen molar-refractivity contribution >= 4 is 44.8 Å². The zero-order chi connectivity index (χ0) is 20.1. The van der Waals surface area contributed by atoms with Gasteiger partial charge in [-0.25, -0.2) is 28.1 Å². The molecule has 8 nitrogen and oxygen atoms in total. The van der Waals surface area contributed by atoms with Gasteiger partial charge in [0.2, 0.25) is 5.95 Å². The van der Waals surface area contributed by atoms with E-state index in [1.807, 2.05) is 26.0 Å². The van der Waals surface area contributed by atoms with Crippen molar-refractivity contribution in [2.45, 2.75) is 18.7 Å². The number of benzene rings is 1. The highest BCUT2D eigenvalue weighted by Gasteiger charge is 2.15. The van der Waals surface area contributed by atoms with E-state index in [-0.39, 0.29) is 10.8 Å². The lowest BCUT2D eigenvalue weighted by atomic mass is 10.2. The molecule has 0 fully saturated rings. The molecule has 0 bridgehead atoms. The van der Waals surface area contributed by atoms with Gasteiger partial charge in [-0.3, -0.25) is 0 Å². The van der Waals surface area contributed by atoms with E-state index in [4.69, 9.17) is 12.2 Å². The number of nitrogens with zero attached hydrogens (tertiary/aromatic N) is 3. The van der Waals surface area contributed by atoms with Gasteiger partial charge < -0.3 is 10.6 Å². The maximum atomic E-state index is 12.4. The second-order valence-electron chi connectivity index (χ2n) is 5.95. The summed E-state index contributed by atoms with van der Waals surface area (Å²) in [6, 6.07) is 11.6. The van der Waals surface area contributed by atoms with Gasteiger partial charge in [0.25, 0.3) is 10.0 Å². The topological polar surface area (TPSA) is 109 Å². The number of rotatable bonds is 5. The van der Waals surface area contributed by atoms with Gasteiger partial charge in [-0.15, -0.1) is 0 Å². The Hall–Kier alpha value is -3.11. The molecule has 0 amide bonds. The molecule has 0 aliphatic rings. The first-order chi connectivity index (χ1) is 13.3. The van der Waals surface area contributed by atoms with E-state index in [9.17, 15) is 8.42 Å². The van der Waals surface area contributed by atoms with Gasteiger partial charge in [0.05, 0.1) is 4.90 Å². The summed E-state index contributed by atoms with van der Waals surface area (Å²) in [6.45, 7) is 3.88. The van der Waals surface area contributed by atoms with Gasteiger partial charge in [-0.2, -0.15) is 0 Å². The van der Waals surface area contributed by atoms with Crippen LogP contribution < -0.4 is 15.4 Å². The molecule has 0 aliphatic heterocycles. The zero-order valence-electron chi connectivity index (χ0n) is 15.2. The van der Waals surface area contributed by atoms with Crippen molar-refractivity contribution in [3.63, 3.8) is 0 Å². The van der Waals surface area contributed by atoms with Crippen LogP contribution in [0, 0.1) is 13.8 Å².